The zero-order valence-electron chi connectivity index (χ0n) is 15.1. The summed E-state index contributed by atoms with van der Waals surface area (Å²) in [5.74, 6) is -0.0559. The Morgan fingerprint density at radius 2 is 1.77 bits per heavy atom. The maximum Gasteiger partial charge on any atom is 0.419 e. The van der Waals surface area contributed by atoms with E-state index in [-0.39, 0.29) is 4.90 Å². The van der Waals surface area contributed by atoms with Gasteiger partial charge in [-0.05, 0) is 32.0 Å². The van der Waals surface area contributed by atoms with Crippen LogP contribution in [0.1, 0.15) is 11.4 Å². The quantitative estimate of drug-likeness (QED) is 0.732. The summed E-state index contributed by atoms with van der Waals surface area (Å²) in [6.07, 6.45) is 0. The molecule has 0 unspecified atom stereocenters. The number of oxazole rings is 1. The van der Waals surface area contributed by atoms with Gasteiger partial charge >= 0.3 is 5.76 Å². The molecule has 9 nitrogen and oxygen atoms in total. The molecule has 0 saturated carbocycles. The first-order valence-electron chi connectivity index (χ1n) is 7.75. The highest BCUT2D eigenvalue weighted by molar-refractivity contribution is 7.92. The highest BCUT2D eigenvalue weighted by Crippen LogP contribution is 2.25. The third-order valence-electron chi connectivity index (χ3n) is 3.97. The van der Waals surface area contributed by atoms with Crippen molar-refractivity contribution in [3.05, 3.63) is 40.1 Å². The van der Waals surface area contributed by atoms with E-state index in [1.165, 1.54) is 29.8 Å². The van der Waals surface area contributed by atoms with Crippen molar-refractivity contribution in [1.29, 1.82) is 0 Å². The average Bonchev–Trinajstić information content (AvgIpc) is 2.85. The molecule has 0 fully saturated rings. The van der Waals surface area contributed by atoms with Gasteiger partial charge in [-0.1, -0.05) is 0 Å². The van der Waals surface area contributed by atoms with Crippen molar-refractivity contribution >= 4 is 32.8 Å². The van der Waals surface area contributed by atoms with E-state index in [2.05, 4.69) is 14.7 Å². The number of fused-ring (bicyclic) bond motifs is 1. The second kappa shape index (κ2) is 6.13. The Kier molecular flexibility index (Phi) is 4.23. The Bertz CT molecular complexity index is 1140. The number of aryl methyl sites for hydroxylation is 3. The first-order valence-corrected chi connectivity index (χ1v) is 9.23. The molecule has 0 atom stereocenters. The van der Waals surface area contributed by atoms with Gasteiger partial charge in [0, 0.05) is 21.1 Å². The van der Waals surface area contributed by atoms with Gasteiger partial charge in [0.1, 0.15) is 0 Å². The van der Waals surface area contributed by atoms with Gasteiger partial charge in [0.15, 0.2) is 5.58 Å². The van der Waals surface area contributed by atoms with E-state index in [4.69, 9.17) is 4.42 Å². The minimum atomic E-state index is -3.89. The molecule has 0 aliphatic heterocycles. The van der Waals surface area contributed by atoms with Gasteiger partial charge in [-0.25, -0.2) is 23.2 Å². The van der Waals surface area contributed by atoms with Gasteiger partial charge in [0.25, 0.3) is 10.0 Å². The summed E-state index contributed by atoms with van der Waals surface area (Å²) in [5.41, 5.74) is 2.08. The van der Waals surface area contributed by atoms with Gasteiger partial charge < -0.3 is 9.32 Å². The molecule has 1 aromatic carbocycles. The Hall–Kier alpha value is -2.88. The van der Waals surface area contributed by atoms with Crippen LogP contribution in [-0.2, 0) is 17.1 Å². The van der Waals surface area contributed by atoms with E-state index < -0.39 is 15.8 Å². The third-order valence-corrected chi connectivity index (χ3v) is 5.32. The van der Waals surface area contributed by atoms with Crippen molar-refractivity contribution in [2.45, 2.75) is 18.7 Å². The molecule has 1 N–H and O–H groups in total. The summed E-state index contributed by atoms with van der Waals surface area (Å²) in [7, 11) is 1.24. The fraction of sp³-hybridized carbons (Fsp3) is 0.312. The lowest BCUT2D eigenvalue weighted by atomic mass is 10.3. The molecule has 0 amide bonds. The van der Waals surface area contributed by atoms with E-state index in [9.17, 15) is 13.2 Å². The number of aromatic nitrogens is 3. The highest BCUT2D eigenvalue weighted by atomic mass is 32.2. The molecule has 3 aromatic rings. The van der Waals surface area contributed by atoms with Crippen LogP contribution in [0.4, 0.5) is 11.6 Å². The molecule has 3 rings (SSSR count). The second-order valence-corrected chi connectivity index (χ2v) is 7.81. The van der Waals surface area contributed by atoms with Crippen LogP contribution < -0.4 is 15.4 Å². The van der Waals surface area contributed by atoms with Crippen LogP contribution in [0.5, 0.6) is 0 Å². The zero-order chi connectivity index (χ0) is 19.2. The van der Waals surface area contributed by atoms with E-state index in [0.29, 0.717) is 34.1 Å². The van der Waals surface area contributed by atoms with Crippen LogP contribution in [0, 0.1) is 13.8 Å². The predicted octanol–water partition coefficient (Wildman–Crippen LogP) is 1.41. The first kappa shape index (κ1) is 17.9. The van der Waals surface area contributed by atoms with E-state index in [0.717, 1.165) is 0 Å². The van der Waals surface area contributed by atoms with Crippen molar-refractivity contribution in [2.24, 2.45) is 7.05 Å². The van der Waals surface area contributed by atoms with Crippen LogP contribution >= 0.6 is 0 Å². The van der Waals surface area contributed by atoms with Crippen molar-refractivity contribution in [3.8, 4) is 0 Å². The summed E-state index contributed by atoms with van der Waals surface area (Å²) < 4.78 is 34.4. The summed E-state index contributed by atoms with van der Waals surface area (Å²) in [6, 6.07) is 4.23. The Labute approximate surface area is 150 Å². The normalized spacial score (nSPS) is 11.7. The topological polar surface area (TPSA) is 110 Å². The Balaban J connectivity index is 2.05. The number of rotatable bonds is 4. The molecule has 0 bridgehead atoms. The van der Waals surface area contributed by atoms with Crippen molar-refractivity contribution < 1.29 is 12.8 Å². The molecule has 2 aromatic heterocycles. The van der Waals surface area contributed by atoms with Crippen LogP contribution in [0.2, 0.25) is 0 Å². The standard InChI is InChI=1S/C16H19N5O4S/c1-9-14(10(2)18-15(17-9)20(3)4)19-26(23,24)11-6-7-13-12(8-11)21(5)16(22)25-13/h6-8,19H,1-5H3. The molecule has 0 spiro atoms. The molecule has 2 heterocycles. The van der Waals surface area contributed by atoms with E-state index in [1.54, 1.807) is 18.7 Å². The lowest BCUT2D eigenvalue weighted by Gasteiger charge is -2.16. The number of hydrogen-bond donors (Lipinski definition) is 1. The SMILES string of the molecule is Cc1nc(N(C)C)nc(C)c1NS(=O)(=O)c1ccc2oc(=O)n(C)c2c1. The molecule has 0 aliphatic rings. The molecule has 0 aliphatic carbocycles. The number of hydrogen-bond acceptors (Lipinski definition) is 7. The Morgan fingerprint density at radius 1 is 1.15 bits per heavy atom. The minimum absolute atomic E-state index is 0.0110. The monoisotopic (exact) mass is 377 g/mol. The largest absolute Gasteiger partial charge is 0.419 e. The van der Waals surface area contributed by atoms with Crippen LogP contribution in [-0.4, -0.2) is 37.0 Å². The fourth-order valence-electron chi connectivity index (χ4n) is 2.51. The van der Waals surface area contributed by atoms with Gasteiger partial charge in [-0.2, -0.15) is 0 Å². The number of nitrogens with one attached hydrogen (secondary N) is 1. The van der Waals surface area contributed by atoms with Crippen LogP contribution in [0.15, 0.2) is 32.3 Å². The number of nitrogens with zero attached hydrogens (tertiary/aromatic N) is 4. The highest BCUT2D eigenvalue weighted by Gasteiger charge is 2.20. The number of anilines is 2. The smallest absolute Gasteiger partial charge is 0.408 e. The van der Waals surface area contributed by atoms with Crippen molar-refractivity contribution in [3.63, 3.8) is 0 Å². The molecular weight excluding hydrogens is 358 g/mol. The minimum Gasteiger partial charge on any atom is -0.408 e. The third kappa shape index (κ3) is 3.03. The van der Waals surface area contributed by atoms with Gasteiger partial charge in [-0.3, -0.25) is 9.29 Å². The molecule has 138 valence electrons. The summed E-state index contributed by atoms with van der Waals surface area (Å²) in [6.45, 7) is 3.42. The number of benzene rings is 1. The van der Waals surface area contributed by atoms with E-state index in [1.807, 2.05) is 14.1 Å². The van der Waals surface area contributed by atoms with Gasteiger partial charge in [-0.15, -0.1) is 0 Å². The molecular formula is C16H19N5O4S. The lowest BCUT2D eigenvalue weighted by molar-refractivity contribution is 0.528. The maximum absolute atomic E-state index is 12.8. The zero-order valence-corrected chi connectivity index (χ0v) is 15.9. The molecule has 0 radical (unpaired) electrons. The summed E-state index contributed by atoms with van der Waals surface area (Å²) in [4.78, 5) is 21.9. The molecule has 26 heavy (non-hydrogen) atoms. The van der Waals surface area contributed by atoms with Gasteiger partial charge in [0.05, 0.1) is 27.5 Å². The summed E-state index contributed by atoms with van der Waals surface area (Å²) >= 11 is 0. The predicted molar refractivity (Wildman–Crippen MR) is 98.1 cm³/mol. The summed E-state index contributed by atoms with van der Waals surface area (Å²) in [5, 5.41) is 0. The average molecular weight is 377 g/mol. The maximum atomic E-state index is 12.8. The second-order valence-electron chi connectivity index (χ2n) is 6.13. The van der Waals surface area contributed by atoms with Crippen molar-refractivity contribution in [1.82, 2.24) is 14.5 Å². The van der Waals surface area contributed by atoms with E-state index >= 15 is 0 Å². The fourth-order valence-corrected chi connectivity index (χ4v) is 3.71. The van der Waals surface area contributed by atoms with Crippen LogP contribution in [0.3, 0.4) is 0 Å². The van der Waals surface area contributed by atoms with Crippen molar-refractivity contribution in [2.75, 3.05) is 23.7 Å². The molecule has 0 saturated heterocycles. The number of sulfonamides is 1. The van der Waals surface area contributed by atoms with Gasteiger partial charge in [0.2, 0.25) is 5.95 Å². The first-order chi connectivity index (χ1) is 12.1. The Morgan fingerprint density at radius 3 is 2.35 bits per heavy atom. The molecule has 10 heteroatoms. The van der Waals surface area contributed by atoms with Crippen LogP contribution in [0.25, 0.3) is 11.1 Å². The lowest BCUT2D eigenvalue weighted by Crippen LogP contribution is -2.19.